The third kappa shape index (κ3) is 3.25. The van der Waals surface area contributed by atoms with Gasteiger partial charge in [-0.3, -0.25) is 9.69 Å². The number of ether oxygens (including phenoxy) is 1. The molecule has 9 heteroatoms. The van der Waals surface area contributed by atoms with Crippen molar-refractivity contribution in [3.05, 3.63) is 98.8 Å². The van der Waals surface area contributed by atoms with Crippen LogP contribution in [-0.4, -0.2) is 34.1 Å². The molecule has 1 aromatic heterocycles. The molecular weight excluding hydrogens is 523 g/mol. The van der Waals surface area contributed by atoms with Crippen LogP contribution >= 0.6 is 23.2 Å². The van der Waals surface area contributed by atoms with E-state index in [1.807, 2.05) is 57.2 Å². The fraction of sp³-hybridized carbons (Fsp3) is 0.241. The molecule has 1 amide bonds. The molecule has 38 heavy (non-hydrogen) atoms. The van der Waals surface area contributed by atoms with Gasteiger partial charge < -0.3 is 15.2 Å². The van der Waals surface area contributed by atoms with E-state index in [9.17, 15) is 9.90 Å². The van der Waals surface area contributed by atoms with Gasteiger partial charge in [-0.05, 0) is 54.8 Å². The number of hydrogen-bond acceptors (Lipinski definition) is 5. The SMILES string of the molecule is COc1ccccc1-n1nc2c(c1C(C)C)C1(c3ccc(Cl)cc3NC1O)N(c1cc(Cl)ccc1C)C2=O. The van der Waals surface area contributed by atoms with Gasteiger partial charge in [0.1, 0.15) is 17.0 Å². The van der Waals surface area contributed by atoms with E-state index in [-0.39, 0.29) is 17.5 Å². The Morgan fingerprint density at radius 1 is 1.05 bits per heavy atom. The van der Waals surface area contributed by atoms with Crippen LogP contribution in [0.3, 0.4) is 0 Å². The lowest BCUT2D eigenvalue weighted by molar-refractivity contribution is 0.0916. The number of para-hydroxylation sites is 2. The third-order valence-electron chi connectivity index (χ3n) is 7.41. The summed E-state index contributed by atoms with van der Waals surface area (Å²) in [6.07, 6.45) is -1.19. The van der Waals surface area contributed by atoms with E-state index in [0.717, 1.165) is 16.8 Å². The minimum absolute atomic E-state index is 0.0650. The minimum Gasteiger partial charge on any atom is -0.494 e. The van der Waals surface area contributed by atoms with Crippen molar-refractivity contribution in [2.45, 2.75) is 38.5 Å². The van der Waals surface area contributed by atoms with E-state index in [0.29, 0.717) is 38.4 Å². The molecule has 0 saturated carbocycles. The summed E-state index contributed by atoms with van der Waals surface area (Å²) in [6, 6.07) is 18.3. The minimum atomic E-state index is -1.32. The van der Waals surface area contributed by atoms with Crippen LogP contribution in [0.2, 0.25) is 10.0 Å². The number of rotatable bonds is 4. The molecule has 6 rings (SSSR count). The van der Waals surface area contributed by atoms with Crippen molar-refractivity contribution in [2.24, 2.45) is 0 Å². The van der Waals surface area contributed by atoms with Gasteiger partial charge in [-0.15, -0.1) is 0 Å². The number of aliphatic hydroxyl groups excluding tert-OH is 1. The molecule has 2 aliphatic rings. The zero-order chi connectivity index (χ0) is 26.9. The van der Waals surface area contributed by atoms with Gasteiger partial charge in [0.15, 0.2) is 11.9 Å². The molecule has 2 aliphatic heterocycles. The number of benzene rings is 3. The van der Waals surface area contributed by atoms with Crippen LogP contribution in [0, 0.1) is 6.92 Å². The van der Waals surface area contributed by atoms with Crippen LogP contribution in [0.4, 0.5) is 11.4 Å². The number of nitrogens with one attached hydrogen (secondary N) is 1. The number of carbonyl (C=O) groups excluding carboxylic acids is 1. The Kier molecular flexibility index (Phi) is 5.72. The monoisotopic (exact) mass is 548 g/mol. The molecule has 194 valence electrons. The predicted octanol–water partition coefficient (Wildman–Crippen LogP) is 6.27. The summed E-state index contributed by atoms with van der Waals surface area (Å²) in [4.78, 5) is 16.1. The van der Waals surface area contributed by atoms with E-state index in [1.165, 1.54) is 0 Å². The van der Waals surface area contributed by atoms with Crippen LogP contribution in [-0.2, 0) is 5.54 Å². The van der Waals surface area contributed by atoms with Crippen LogP contribution in [0.25, 0.3) is 5.69 Å². The van der Waals surface area contributed by atoms with Crippen molar-refractivity contribution < 1.29 is 14.6 Å². The second-order valence-electron chi connectivity index (χ2n) is 9.92. The fourth-order valence-electron chi connectivity index (χ4n) is 5.86. The van der Waals surface area contributed by atoms with E-state index in [1.54, 1.807) is 41.0 Å². The predicted molar refractivity (Wildman–Crippen MR) is 149 cm³/mol. The van der Waals surface area contributed by atoms with E-state index < -0.39 is 11.8 Å². The highest BCUT2D eigenvalue weighted by Crippen LogP contribution is 2.57. The van der Waals surface area contributed by atoms with Crippen molar-refractivity contribution in [1.29, 1.82) is 0 Å². The van der Waals surface area contributed by atoms with Crippen LogP contribution < -0.4 is 15.0 Å². The standard InChI is InChI=1S/C29H26Cl2N4O3/c1-15(2)26-24-25(33-35(26)21-7-5-6-8-23(21)38-4)27(36)34(22-14-18(31)10-9-16(22)3)29(24)19-12-11-17(30)13-20(19)32-28(29)37/h5-15,28,32,37H,1-4H3. The number of hydrogen-bond donors (Lipinski definition) is 2. The largest absolute Gasteiger partial charge is 0.494 e. The lowest BCUT2D eigenvalue weighted by Gasteiger charge is -2.40. The number of methoxy groups -OCH3 is 1. The van der Waals surface area contributed by atoms with Gasteiger partial charge in [0.05, 0.1) is 12.8 Å². The van der Waals surface area contributed by atoms with Crippen molar-refractivity contribution in [3.8, 4) is 11.4 Å². The summed E-state index contributed by atoms with van der Waals surface area (Å²) in [5.41, 5.74) is 3.90. The highest BCUT2D eigenvalue weighted by Gasteiger charge is 2.63. The van der Waals surface area contributed by atoms with Crippen molar-refractivity contribution in [2.75, 3.05) is 17.3 Å². The molecule has 2 unspecified atom stereocenters. The topological polar surface area (TPSA) is 79.6 Å². The Balaban J connectivity index is 1.74. The number of carbonyl (C=O) groups is 1. The molecule has 0 radical (unpaired) electrons. The highest BCUT2D eigenvalue weighted by atomic mass is 35.5. The molecule has 0 bridgehead atoms. The Bertz CT molecular complexity index is 1620. The Hall–Kier alpha value is -3.52. The molecule has 7 nitrogen and oxygen atoms in total. The van der Waals surface area contributed by atoms with Gasteiger partial charge in [-0.1, -0.05) is 61.3 Å². The summed E-state index contributed by atoms with van der Waals surface area (Å²) in [5.74, 6) is 0.228. The quantitative estimate of drug-likeness (QED) is 0.314. The van der Waals surface area contributed by atoms with Gasteiger partial charge >= 0.3 is 0 Å². The van der Waals surface area contributed by atoms with Gasteiger partial charge in [-0.25, -0.2) is 4.68 Å². The average Bonchev–Trinajstić information content (AvgIpc) is 3.49. The zero-order valence-electron chi connectivity index (χ0n) is 21.3. The molecule has 1 spiro atoms. The molecule has 2 atom stereocenters. The molecule has 2 N–H and O–H groups in total. The Morgan fingerprint density at radius 2 is 1.76 bits per heavy atom. The smallest absolute Gasteiger partial charge is 0.280 e. The third-order valence-corrected chi connectivity index (χ3v) is 7.88. The molecule has 0 saturated heterocycles. The maximum atomic E-state index is 14.4. The zero-order valence-corrected chi connectivity index (χ0v) is 22.8. The number of aromatic nitrogens is 2. The molecule has 0 aliphatic carbocycles. The summed E-state index contributed by atoms with van der Waals surface area (Å²) in [7, 11) is 1.60. The lowest BCUT2D eigenvalue weighted by atomic mass is 9.81. The van der Waals surface area contributed by atoms with Crippen LogP contribution in [0.1, 0.15) is 52.6 Å². The number of fused-ring (bicyclic) bond motifs is 4. The second-order valence-corrected chi connectivity index (χ2v) is 10.8. The number of aryl methyl sites for hydroxylation is 1. The number of amides is 1. The van der Waals surface area contributed by atoms with Crippen molar-refractivity contribution >= 4 is 40.5 Å². The first-order valence-corrected chi connectivity index (χ1v) is 13.1. The maximum absolute atomic E-state index is 14.4. The van der Waals surface area contributed by atoms with Gasteiger partial charge in [0.2, 0.25) is 0 Å². The summed E-state index contributed by atoms with van der Waals surface area (Å²) in [5, 5.41) is 21.0. The first-order chi connectivity index (χ1) is 18.2. The maximum Gasteiger partial charge on any atom is 0.280 e. The number of anilines is 2. The second kappa shape index (κ2) is 8.76. The van der Waals surface area contributed by atoms with Gasteiger partial charge in [0.25, 0.3) is 5.91 Å². The van der Waals surface area contributed by atoms with Crippen LogP contribution in [0.5, 0.6) is 5.75 Å². The number of aliphatic hydroxyl groups is 1. The molecular formula is C29H26Cl2N4O3. The molecule has 0 fully saturated rings. The first kappa shape index (κ1) is 24.8. The van der Waals surface area contributed by atoms with Gasteiger partial charge in [-0.2, -0.15) is 5.10 Å². The fourth-order valence-corrected chi connectivity index (χ4v) is 6.20. The lowest BCUT2D eigenvalue weighted by Crippen LogP contribution is -2.53. The molecule has 3 aromatic carbocycles. The van der Waals surface area contributed by atoms with E-state index in [4.69, 9.17) is 33.0 Å². The molecule has 3 heterocycles. The average molecular weight is 549 g/mol. The first-order valence-electron chi connectivity index (χ1n) is 12.3. The van der Waals surface area contributed by atoms with E-state index in [2.05, 4.69) is 5.32 Å². The van der Waals surface area contributed by atoms with Crippen molar-refractivity contribution in [3.63, 3.8) is 0 Å². The Morgan fingerprint density at radius 3 is 2.50 bits per heavy atom. The summed E-state index contributed by atoms with van der Waals surface area (Å²) >= 11 is 12.8. The summed E-state index contributed by atoms with van der Waals surface area (Å²) < 4.78 is 7.42. The van der Waals surface area contributed by atoms with Crippen molar-refractivity contribution in [1.82, 2.24) is 9.78 Å². The summed E-state index contributed by atoms with van der Waals surface area (Å²) in [6.45, 7) is 6.01. The normalized spacial score (nSPS) is 19.7. The molecule has 4 aromatic rings. The highest BCUT2D eigenvalue weighted by molar-refractivity contribution is 6.31. The van der Waals surface area contributed by atoms with Crippen LogP contribution in [0.15, 0.2) is 60.7 Å². The number of nitrogens with zero attached hydrogens (tertiary/aromatic N) is 3. The number of halogens is 2. The Labute approximate surface area is 230 Å². The van der Waals surface area contributed by atoms with E-state index >= 15 is 0 Å². The van der Waals surface area contributed by atoms with Gasteiger partial charge in [0, 0.05) is 32.5 Å².